The van der Waals surface area contributed by atoms with E-state index in [0.29, 0.717) is 0 Å². The van der Waals surface area contributed by atoms with Gasteiger partial charge >= 0.3 is 0 Å². The summed E-state index contributed by atoms with van der Waals surface area (Å²) in [7, 11) is 0. The molecule has 2 aliphatic heterocycles. The molecule has 0 unspecified atom stereocenters. The van der Waals surface area contributed by atoms with Crippen molar-refractivity contribution in [1.82, 2.24) is 15.1 Å². The first kappa shape index (κ1) is 19.7. The number of thioether (sulfide) groups is 1. The van der Waals surface area contributed by atoms with Gasteiger partial charge in [0.25, 0.3) is 0 Å². The summed E-state index contributed by atoms with van der Waals surface area (Å²) in [5.41, 5.74) is 2.20. The van der Waals surface area contributed by atoms with E-state index in [-0.39, 0.29) is 5.66 Å². The van der Waals surface area contributed by atoms with Crippen LogP contribution in [0.3, 0.4) is 0 Å². The van der Waals surface area contributed by atoms with Crippen LogP contribution < -0.4 is 4.90 Å². The van der Waals surface area contributed by atoms with Crippen molar-refractivity contribution in [3.05, 3.63) is 36.4 Å². The van der Waals surface area contributed by atoms with Gasteiger partial charge in [0.1, 0.15) is 0 Å². The van der Waals surface area contributed by atoms with Gasteiger partial charge in [-0.3, -0.25) is 4.90 Å². The summed E-state index contributed by atoms with van der Waals surface area (Å²) in [6.07, 6.45) is 7.61. The van der Waals surface area contributed by atoms with Crippen molar-refractivity contribution in [3.63, 3.8) is 0 Å². The number of anilines is 1. The third kappa shape index (κ3) is 4.06. The van der Waals surface area contributed by atoms with Gasteiger partial charge < -0.3 is 4.90 Å². The fourth-order valence-electron chi connectivity index (χ4n) is 4.52. The Morgan fingerprint density at radius 1 is 0.964 bits per heavy atom. The summed E-state index contributed by atoms with van der Waals surface area (Å²) in [5.74, 6) is 2.21. The van der Waals surface area contributed by atoms with Gasteiger partial charge in [0.05, 0.1) is 11.4 Å². The molecule has 4 nitrogen and oxygen atoms in total. The Morgan fingerprint density at radius 2 is 1.75 bits per heavy atom. The van der Waals surface area contributed by atoms with E-state index in [0.717, 1.165) is 23.6 Å². The Balaban J connectivity index is 1.46. The van der Waals surface area contributed by atoms with Gasteiger partial charge in [-0.15, -0.1) is 22.0 Å². The lowest BCUT2D eigenvalue weighted by atomic mass is 10.1. The zero-order chi connectivity index (χ0) is 19.4. The number of hydrogen-bond donors (Lipinski definition) is 0. The fourth-order valence-corrected chi connectivity index (χ4v) is 5.51. The summed E-state index contributed by atoms with van der Waals surface area (Å²) < 4.78 is 0. The minimum absolute atomic E-state index is 0.101. The summed E-state index contributed by atoms with van der Waals surface area (Å²) >= 11 is 1.93. The molecule has 5 heteroatoms. The van der Waals surface area contributed by atoms with E-state index in [1.54, 1.807) is 0 Å². The van der Waals surface area contributed by atoms with Crippen molar-refractivity contribution in [2.24, 2.45) is 0 Å². The van der Waals surface area contributed by atoms with Crippen LogP contribution in [0.4, 0.5) is 5.82 Å². The van der Waals surface area contributed by atoms with E-state index in [1.165, 1.54) is 62.3 Å². The smallest absolute Gasteiger partial charge is 0.152 e. The minimum Gasteiger partial charge on any atom is -0.337 e. The molecular formula is C23H32N4S. The zero-order valence-electron chi connectivity index (χ0n) is 17.2. The average molecular weight is 397 g/mol. The summed E-state index contributed by atoms with van der Waals surface area (Å²) in [6.45, 7) is 8.12. The molecule has 0 aliphatic carbocycles. The van der Waals surface area contributed by atoms with E-state index in [9.17, 15) is 0 Å². The molecule has 28 heavy (non-hydrogen) atoms. The van der Waals surface area contributed by atoms with Gasteiger partial charge in [-0.05, 0) is 69.0 Å². The minimum atomic E-state index is 0.101. The molecule has 2 aliphatic rings. The Morgan fingerprint density at radius 3 is 2.43 bits per heavy atom. The molecule has 0 N–H and O–H groups in total. The quantitative estimate of drug-likeness (QED) is 0.459. The normalized spacial score (nSPS) is 22.9. The molecule has 2 aromatic rings. The largest absolute Gasteiger partial charge is 0.337 e. The highest BCUT2D eigenvalue weighted by molar-refractivity contribution is 7.99. The first-order valence-electron chi connectivity index (χ1n) is 10.8. The van der Waals surface area contributed by atoms with E-state index in [1.807, 2.05) is 11.8 Å². The molecule has 0 radical (unpaired) electrons. The zero-order valence-corrected chi connectivity index (χ0v) is 18.0. The Bertz CT molecular complexity index is 755. The molecule has 0 spiro atoms. The lowest BCUT2D eigenvalue weighted by molar-refractivity contribution is 0.144. The SMILES string of the molecule is CCCCSc1ccc(-c2ccc(N3CCC[C@@]3(C)N3CCCC3)nn2)cc1. The van der Waals surface area contributed by atoms with Gasteiger partial charge in [-0.1, -0.05) is 25.5 Å². The van der Waals surface area contributed by atoms with Gasteiger partial charge in [0.15, 0.2) is 5.82 Å². The van der Waals surface area contributed by atoms with E-state index in [4.69, 9.17) is 0 Å². The maximum absolute atomic E-state index is 4.63. The third-order valence-corrected chi connectivity index (χ3v) is 7.34. The predicted octanol–water partition coefficient (Wildman–Crippen LogP) is 5.45. The number of aromatic nitrogens is 2. The molecule has 4 rings (SSSR count). The average Bonchev–Trinajstić information content (AvgIpc) is 3.40. The first-order valence-corrected chi connectivity index (χ1v) is 11.8. The van der Waals surface area contributed by atoms with Crippen LogP contribution in [0.2, 0.25) is 0 Å². The lowest BCUT2D eigenvalue weighted by Gasteiger charge is -2.43. The van der Waals surface area contributed by atoms with Gasteiger partial charge in [0.2, 0.25) is 0 Å². The molecule has 0 amide bonds. The summed E-state index contributed by atoms with van der Waals surface area (Å²) in [6, 6.07) is 13.0. The van der Waals surface area contributed by atoms with Crippen molar-refractivity contribution in [2.75, 3.05) is 30.3 Å². The second-order valence-electron chi connectivity index (χ2n) is 8.17. The number of likely N-dealkylation sites (tertiary alicyclic amines) is 1. The molecule has 1 aromatic carbocycles. The predicted molar refractivity (Wildman–Crippen MR) is 119 cm³/mol. The molecule has 2 fully saturated rings. The highest BCUT2D eigenvalue weighted by Gasteiger charge is 2.43. The van der Waals surface area contributed by atoms with Crippen LogP contribution in [0.25, 0.3) is 11.3 Å². The maximum atomic E-state index is 4.63. The van der Waals surface area contributed by atoms with Crippen LogP contribution in [0.1, 0.15) is 52.4 Å². The maximum Gasteiger partial charge on any atom is 0.152 e. The standard InChI is InChI=1S/C23H32N4S/c1-3-4-18-28-20-10-8-19(9-11-20)21-12-13-22(25-24-21)27-17-7-14-23(27,2)26-15-5-6-16-26/h8-13H,3-7,14-18H2,1-2H3/t23-/m0/s1. The van der Waals surface area contributed by atoms with Crippen LogP contribution in [0.15, 0.2) is 41.3 Å². The van der Waals surface area contributed by atoms with Crippen molar-refractivity contribution >= 4 is 17.6 Å². The van der Waals surface area contributed by atoms with Crippen molar-refractivity contribution < 1.29 is 0 Å². The van der Waals surface area contributed by atoms with Gasteiger partial charge in [-0.2, -0.15) is 0 Å². The molecular weight excluding hydrogens is 364 g/mol. The van der Waals surface area contributed by atoms with Crippen molar-refractivity contribution in [1.29, 1.82) is 0 Å². The Labute approximate surface area is 173 Å². The lowest BCUT2D eigenvalue weighted by Crippen LogP contribution is -2.54. The van der Waals surface area contributed by atoms with Crippen molar-refractivity contribution in [3.8, 4) is 11.3 Å². The van der Waals surface area contributed by atoms with Crippen LogP contribution >= 0.6 is 11.8 Å². The molecule has 3 heterocycles. The molecule has 0 saturated carbocycles. The van der Waals surface area contributed by atoms with E-state index >= 15 is 0 Å². The van der Waals surface area contributed by atoms with E-state index < -0.39 is 0 Å². The fraction of sp³-hybridized carbons (Fsp3) is 0.565. The summed E-state index contributed by atoms with van der Waals surface area (Å²) in [5, 5.41) is 9.20. The number of unbranched alkanes of at least 4 members (excludes halogenated alkanes) is 1. The second-order valence-corrected chi connectivity index (χ2v) is 9.34. The Kier molecular flexibility index (Phi) is 6.22. The van der Waals surface area contributed by atoms with E-state index in [2.05, 4.69) is 70.2 Å². The number of hydrogen-bond acceptors (Lipinski definition) is 5. The number of nitrogens with zero attached hydrogens (tertiary/aromatic N) is 4. The monoisotopic (exact) mass is 396 g/mol. The molecule has 150 valence electrons. The topological polar surface area (TPSA) is 32.3 Å². The first-order chi connectivity index (χ1) is 13.7. The van der Waals surface area contributed by atoms with Crippen molar-refractivity contribution in [2.45, 2.75) is 62.9 Å². The number of benzene rings is 1. The van der Waals surface area contributed by atoms with Gasteiger partial charge in [-0.25, -0.2) is 0 Å². The Hall–Kier alpha value is -1.59. The van der Waals surface area contributed by atoms with Gasteiger partial charge in [0, 0.05) is 30.1 Å². The van der Waals surface area contributed by atoms with Crippen LogP contribution in [-0.2, 0) is 0 Å². The molecule has 1 aromatic heterocycles. The van der Waals surface area contributed by atoms with Crippen LogP contribution in [0.5, 0.6) is 0 Å². The third-order valence-electron chi connectivity index (χ3n) is 6.24. The molecule has 0 bridgehead atoms. The molecule has 2 saturated heterocycles. The highest BCUT2D eigenvalue weighted by atomic mass is 32.2. The number of rotatable bonds is 7. The highest BCUT2D eigenvalue weighted by Crippen LogP contribution is 2.37. The second kappa shape index (κ2) is 8.83. The summed E-state index contributed by atoms with van der Waals surface area (Å²) in [4.78, 5) is 6.45. The van der Waals surface area contributed by atoms with Crippen LogP contribution in [-0.4, -0.2) is 46.1 Å². The van der Waals surface area contributed by atoms with Crippen LogP contribution in [0, 0.1) is 0 Å². The molecule has 1 atom stereocenters.